The number of nitrogens with zero attached hydrogens (tertiary/aromatic N) is 2. The van der Waals surface area contributed by atoms with Gasteiger partial charge in [0.25, 0.3) is 0 Å². The third-order valence-electron chi connectivity index (χ3n) is 2.63. The Hall–Kier alpha value is -1.51. The molecule has 112 valence electrons. The number of hydrogen-bond donors (Lipinski definition) is 2. The minimum Gasteiger partial charge on any atom is -0.355 e. The van der Waals surface area contributed by atoms with Crippen LogP contribution in [0, 0.1) is 0 Å². The molecule has 0 spiro atoms. The van der Waals surface area contributed by atoms with Crippen molar-refractivity contribution >= 4 is 15.9 Å². The zero-order chi connectivity index (χ0) is 15.0. The molecule has 1 aromatic rings. The van der Waals surface area contributed by atoms with Crippen LogP contribution >= 0.6 is 0 Å². The highest BCUT2D eigenvalue weighted by Crippen LogP contribution is 2.11. The van der Waals surface area contributed by atoms with Gasteiger partial charge in [-0.05, 0) is 32.1 Å². The van der Waals surface area contributed by atoms with Gasteiger partial charge in [-0.3, -0.25) is 9.78 Å². The van der Waals surface area contributed by atoms with Crippen LogP contribution in [0.15, 0.2) is 29.4 Å². The lowest BCUT2D eigenvalue weighted by molar-refractivity contribution is -0.121. The molecule has 1 aromatic heterocycles. The maximum atomic E-state index is 12.1. The molecule has 2 N–H and O–H groups in total. The van der Waals surface area contributed by atoms with Gasteiger partial charge in [-0.25, -0.2) is 8.42 Å². The normalized spacial score (nSPS) is 11.6. The van der Waals surface area contributed by atoms with Gasteiger partial charge in [-0.2, -0.15) is 4.31 Å². The zero-order valence-electron chi connectivity index (χ0n) is 11.7. The standard InChI is InChI=1S/C12H20N4O3S/c1-13-6-4-8-15-12(17)10-16(2)20(18,19)11-5-3-7-14-9-11/h3,5,7,9,13H,4,6,8,10H2,1-2H3,(H,15,17). The van der Waals surface area contributed by atoms with Crippen LogP contribution in [0.4, 0.5) is 0 Å². The van der Waals surface area contributed by atoms with Gasteiger partial charge in [0.1, 0.15) is 4.90 Å². The highest BCUT2D eigenvalue weighted by molar-refractivity contribution is 7.89. The molecule has 0 saturated carbocycles. The summed E-state index contributed by atoms with van der Waals surface area (Å²) in [5.41, 5.74) is 0. The van der Waals surface area contributed by atoms with Gasteiger partial charge in [0, 0.05) is 26.0 Å². The average Bonchev–Trinajstić information content (AvgIpc) is 2.44. The summed E-state index contributed by atoms with van der Waals surface area (Å²) in [6.45, 7) is 1.10. The van der Waals surface area contributed by atoms with Crippen molar-refractivity contribution in [3.8, 4) is 0 Å². The number of aromatic nitrogens is 1. The van der Waals surface area contributed by atoms with Crippen LogP contribution in [0.3, 0.4) is 0 Å². The first-order valence-electron chi connectivity index (χ1n) is 6.26. The number of pyridine rings is 1. The third kappa shape index (κ3) is 4.87. The summed E-state index contributed by atoms with van der Waals surface area (Å²) < 4.78 is 25.3. The smallest absolute Gasteiger partial charge is 0.244 e. The lowest BCUT2D eigenvalue weighted by Crippen LogP contribution is -2.39. The fourth-order valence-corrected chi connectivity index (χ4v) is 2.61. The van der Waals surface area contributed by atoms with E-state index in [0.29, 0.717) is 6.54 Å². The molecule has 0 unspecified atom stereocenters. The Balaban J connectivity index is 2.53. The Morgan fingerprint density at radius 2 is 2.15 bits per heavy atom. The van der Waals surface area contributed by atoms with Gasteiger partial charge in [-0.15, -0.1) is 0 Å². The predicted molar refractivity (Wildman–Crippen MR) is 75.6 cm³/mol. The van der Waals surface area contributed by atoms with Crippen LogP contribution in [0.1, 0.15) is 6.42 Å². The second-order valence-electron chi connectivity index (χ2n) is 4.26. The van der Waals surface area contributed by atoms with Crippen molar-refractivity contribution in [2.24, 2.45) is 0 Å². The molecule has 0 fully saturated rings. The van der Waals surface area contributed by atoms with Gasteiger partial charge in [0.15, 0.2) is 0 Å². The highest BCUT2D eigenvalue weighted by Gasteiger charge is 2.22. The molecule has 7 nitrogen and oxygen atoms in total. The molecule has 1 amide bonds. The molecule has 8 heteroatoms. The molecule has 0 atom stereocenters. The number of rotatable bonds is 8. The molecule has 1 rings (SSSR count). The number of carbonyl (C=O) groups is 1. The van der Waals surface area contributed by atoms with Crippen molar-refractivity contribution in [1.29, 1.82) is 0 Å². The monoisotopic (exact) mass is 300 g/mol. The van der Waals surface area contributed by atoms with Crippen LogP contribution in [0.5, 0.6) is 0 Å². The van der Waals surface area contributed by atoms with Gasteiger partial charge < -0.3 is 10.6 Å². The van der Waals surface area contributed by atoms with Crippen LogP contribution in [-0.4, -0.2) is 57.3 Å². The topological polar surface area (TPSA) is 91.4 Å². The first-order valence-corrected chi connectivity index (χ1v) is 7.70. The van der Waals surface area contributed by atoms with E-state index in [1.54, 1.807) is 6.07 Å². The van der Waals surface area contributed by atoms with Crippen LogP contribution in [-0.2, 0) is 14.8 Å². The van der Waals surface area contributed by atoms with E-state index in [-0.39, 0.29) is 17.3 Å². The zero-order valence-corrected chi connectivity index (χ0v) is 12.5. The minimum absolute atomic E-state index is 0.0745. The van der Waals surface area contributed by atoms with E-state index in [1.807, 2.05) is 7.05 Å². The molecule has 0 aliphatic rings. The number of sulfonamides is 1. The van der Waals surface area contributed by atoms with Crippen molar-refractivity contribution in [2.45, 2.75) is 11.3 Å². The van der Waals surface area contributed by atoms with E-state index in [1.165, 1.54) is 25.5 Å². The predicted octanol–water partition coefficient (Wildman–Crippen LogP) is -0.572. The molecule has 0 radical (unpaired) electrons. The minimum atomic E-state index is -3.67. The average molecular weight is 300 g/mol. The Labute approximate surface area is 119 Å². The second kappa shape index (κ2) is 7.93. The number of amides is 1. The summed E-state index contributed by atoms with van der Waals surface area (Å²) >= 11 is 0. The van der Waals surface area contributed by atoms with E-state index in [4.69, 9.17) is 0 Å². The summed E-state index contributed by atoms with van der Waals surface area (Å²) in [7, 11) is -0.472. The van der Waals surface area contributed by atoms with Crippen molar-refractivity contribution < 1.29 is 13.2 Å². The first-order chi connectivity index (χ1) is 9.48. The number of nitrogens with one attached hydrogen (secondary N) is 2. The van der Waals surface area contributed by atoms with Crippen molar-refractivity contribution in [3.63, 3.8) is 0 Å². The summed E-state index contributed by atoms with van der Waals surface area (Å²) in [6.07, 6.45) is 3.55. The van der Waals surface area contributed by atoms with Crippen molar-refractivity contribution in [2.75, 3.05) is 33.7 Å². The van der Waals surface area contributed by atoms with E-state index in [0.717, 1.165) is 17.3 Å². The number of hydrogen-bond acceptors (Lipinski definition) is 5. The van der Waals surface area contributed by atoms with Gasteiger partial charge >= 0.3 is 0 Å². The van der Waals surface area contributed by atoms with Gasteiger partial charge in [-0.1, -0.05) is 0 Å². The third-order valence-corrected chi connectivity index (χ3v) is 4.42. The second-order valence-corrected chi connectivity index (χ2v) is 6.30. The molecular weight excluding hydrogens is 280 g/mol. The molecular formula is C12H20N4O3S. The molecule has 0 aliphatic carbocycles. The number of likely N-dealkylation sites (N-methyl/N-ethyl adjacent to an activating group) is 1. The van der Waals surface area contributed by atoms with Crippen LogP contribution in [0.2, 0.25) is 0 Å². The molecule has 20 heavy (non-hydrogen) atoms. The first kappa shape index (κ1) is 16.5. The maximum absolute atomic E-state index is 12.1. The van der Waals surface area contributed by atoms with Crippen LogP contribution < -0.4 is 10.6 Å². The Morgan fingerprint density at radius 3 is 2.75 bits per heavy atom. The van der Waals surface area contributed by atoms with Gasteiger partial charge in [0.05, 0.1) is 6.54 Å². The molecule has 1 heterocycles. The van der Waals surface area contributed by atoms with Crippen LogP contribution in [0.25, 0.3) is 0 Å². The number of carbonyl (C=O) groups excluding carboxylic acids is 1. The van der Waals surface area contributed by atoms with E-state index in [2.05, 4.69) is 15.6 Å². The van der Waals surface area contributed by atoms with Gasteiger partial charge in [0.2, 0.25) is 15.9 Å². The maximum Gasteiger partial charge on any atom is 0.244 e. The molecule has 0 aromatic carbocycles. The summed E-state index contributed by atoms with van der Waals surface area (Å²) in [5, 5.41) is 5.63. The fourth-order valence-electron chi connectivity index (χ4n) is 1.52. The highest BCUT2D eigenvalue weighted by atomic mass is 32.2. The van der Waals surface area contributed by atoms with Crippen molar-refractivity contribution in [1.82, 2.24) is 19.9 Å². The van der Waals surface area contributed by atoms with Crippen molar-refractivity contribution in [3.05, 3.63) is 24.5 Å². The summed E-state index contributed by atoms with van der Waals surface area (Å²) in [5.74, 6) is -0.323. The molecule has 0 saturated heterocycles. The van der Waals surface area contributed by atoms with E-state index in [9.17, 15) is 13.2 Å². The Morgan fingerprint density at radius 1 is 1.40 bits per heavy atom. The lowest BCUT2D eigenvalue weighted by Gasteiger charge is -2.16. The summed E-state index contributed by atoms with van der Waals surface area (Å²) in [4.78, 5) is 15.5. The SMILES string of the molecule is CNCCCNC(=O)CN(C)S(=O)(=O)c1cccnc1. The fraction of sp³-hybridized carbons (Fsp3) is 0.500. The Kier molecular flexibility index (Phi) is 6.56. The van der Waals surface area contributed by atoms with E-state index < -0.39 is 10.0 Å². The Bertz CT molecular complexity index is 519. The lowest BCUT2D eigenvalue weighted by atomic mass is 10.4. The molecule has 0 bridgehead atoms. The summed E-state index contributed by atoms with van der Waals surface area (Å²) in [6, 6.07) is 2.99. The largest absolute Gasteiger partial charge is 0.355 e. The quantitative estimate of drug-likeness (QED) is 0.627. The molecule has 0 aliphatic heterocycles. The van der Waals surface area contributed by atoms with E-state index >= 15 is 0 Å².